The Hall–Kier alpha value is -2.46. The molecule has 1 heterocycles. The van der Waals surface area contributed by atoms with E-state index in [4.69, 9.17) is 16.3 Å². The first-order valence-corrected chi connectivity index (χ1v) is 6.73. The molecule has 1 aromatic heterocycles. The molecule has 0 spiro atoms. The van der Waals surface area contributed by atoms with E-state index >= 15 is 0 Å². The van der Waals surface area contributed by atoms with Crippen molar-refractivity contribution in [2.75, 3.05) is 7.11 Å². The molecule has 0 aliphatic heterocycles. The van der Waals surface area contributed by atoms with Crippen molar-refractivity contribution in [3.63, 3.8) is 0 Å². The molecule has 3 aromatic rings. The van der Waals surface area contributed by atoms with E-state index in [1.54, 1.807) is 25.5 Å². The Balaban J connectivity index is 2.03. The number of fused-ring (bicyclic) bond motifs is 1. The molecule has 3 rings (SSSR count). The van der Waals surface area contributed by atoms with Crippen LogP contribution < -0.4 is 4.74 Å². The highest BCUT2D eigenvalue weighted by atomic mass is 35.5. The van der Waals surface area contributed by atoms with E-state index in [9.17, 15) is 5.11 Å². The van der Waals surface area contributed by atoms with Crippen LogP contribution in [0.3, 0.4) is 0 Å². The number of rotatable bonds is 3. The Morgan fingerprint density at radius 1 is 1.19 bits per heavy atom. The second kappa shape index (κ2) is 5.50. The van der Waals surface area contributed by atoms with Crippen molar-refractivity contribution >= 4 is 34.4 Å². The first-order chi connectivity index (χ1) is 10.2. The zero-order valence-corrected chi connectivity index (χ0v) is 12.1. The summed E-state index contributed by atoms with van der Waals surface area (Å²) >= 11 is 5.84. The average Bonchev–Trinajstić information content (AvgIpc) is 2.81. The highest BCUT2D eigenvalue weighted by Gasteiger charge is 2.09. The lowest BCUT2D eigenvalue weighted by atomic mass is 10.1. The van der Waals surface area contributed by atoms with Crippen LogP contribution in [0.15, 0.2) is 47.5 Å². The number of halogens is 1. The Morgan fingerprint density at radius 3 is 2.67 bits per heavy atom. The van der Waals surface area contributed by atoms with Crippen molar-refractivity contribution in [3.8, 4) is 11.6 Å². The monoisotopic (exact) mass is 300 g/mol. The third-order valence-electron chi connectivity index (χ3n) is 3.19. The first kappa shape index (κ1) is 13.5. The lowest BCUT2D eigenvalue weighted by Gasteiger charge is -1.99. The number of H-pyrrole nitrogens is 1. The number of hydrogen-bond donors (Lipinski definition) is 2. The molecule has 0 saturated heterocycles. The van der Waals surface area contributed by atoms with Gasteiger partial charge in [-0.25, -0.2) is 0 Å². The number of nitrogens with zero attached hydrogens (tertiary/aromatic N) is 1. The van der Waals surface area contributed by atoms with Crippen LogP contribution in [0, 0.1) is 0 Å². The number of benzene rings is 2. The fourth-order valence-corrected chi connectivity index (χ4v) is 2.23. The second-order valence-electron chi connectivity index (χ2n) is 4.53. The van der Waals surface area contributed by atoms with Gasteiger partial charge in [0.15, 0.2) is 5.88 Å². The third kappa shape index (κ3) is 2.71. The minimum Gasteiger partial charge on any atom is -0.497 e. The number of aromatic nitrogens is 1. The van der Waals surface area contributed by atoms with Gasteiger partial charge in [0, 0.05) is 22.1 Å². The van der Waals surface area contributed by atoms with Crippen LogP contribution in [0.1, 0.15) is 5.56 Å². The fourth-order valence-electron chi connectivity index (χ4n) is 2.10. The van der Waals surface area contributed by atoms with Crippen LogP contribution >= 0.6 is 11.6 Å². The molecule has 0 bridgehead atoms. The summed E-state index contributed by atoms with van der Waals surface area (Å²) in [5.41, 5.74) is 2.21. The van der Waals surface area contributed by atoms with Crippen molar-refractivity contribution < 1.29 is 9.84 Å². The number of aromatic hydroxyl groups is 1. The molecule has 0 saturated carbocycles. The number of methoxy groups -OCH3 is 1. The van der Waals surface area contributed by atoms with Crippen LogP contribution in [-0.2, 0) is 0 Å². The second-order valence-corrected chi connectivity index (χ2v) is 4.97. The molecule has 0 aliphatic carbocycles. The molecule has 2 aromatic carbocycles. The summed E-state index contributed by atoms with van der Waals surface area (Å²) in [5, 5.41) is 11.5. The van der Waals surface area contributed by atoms with E-state index in [1.807, 2.05) is 30.3 Å². The molecular formula is C16H13ClN2O2. The summed E-state index contributed by atoms with van der Waals surface area (Å²) in [6.45, 7) is 0. The van der Waals surface area contributed by atoms with Gasteiger partial charge in [0.25, 0.3) is 0 Å². The van der Waals surface area contributed by atoms with E-state index in [0.717, 1.165) is 22.3 Å². The van der Waals surface area contributed by atoms with Gasteiger partial charge in [-0.05, 0) is 42.5 Å². The summed E-state index contributed by atoms with van der Waals surface area (Å²) in [6, 6.07) is 12.7. The van der Waals surface area contributed by atoms with Crippen LogP contribution in [0.4, 0.5) is 5.69 Å². The van der Waals surface area contributed by atoms with E-state index < -0.39 is 0 Å². The molecule has 4 nitrogen and oxygen atoms in total. The lowest BCUT2D eigenvalue weighted by Crippen LogP contribution is -1.83. The molecule has 0 amide bonds. The fraction of sp³-hybridized carbons (Fsp3) is 0.0625. The van der Waals surface area contributed by atoms with Crippen molar-refractivity contribution in [2.24, 2.45) is 4.99 Å². The molecule has 0 atom stereocenters. The van der Waals surface area contributed by atoms with Crippen molar-refractivity contribution in [3.05, 3.63) is 53.1 Å². The van der Waals surface area contributed by atoms with Gasteiger partial charge in [-0.3, -0.25) is 4.99 Å². The smallest absolute Gasteiger partial charge is 0.198 e. The van der Waals surface area contributed by atoms with Gasteiger partial charge >= 0.3 is 0 Å². The third-order valence-corrected chi connectivity index (χ3v) is 3.45. The Morgan fingerprint density at radius 2 is 1.95 bits per heavy atom. The highest BCUT2D eigenvalue weighted by Crippen LogP contribution is 2.29. The van der Waals surface area contributed by atoms with Crippen LogP contribution in [0.25, 0.3) is 10.9 Å². The molecule has 0 fully saturated rings. The van der Waals surface area contributed by atoms with E-state index in [-0.39, 0.29) is 5.88 Å². The first-order valence-electron chi connectivity index (χ1n) is 6.35. The Kier molecular flexibility index (Phi) is 3.54. The van der Waals surface area contributed by atoms with E-state index in [0.29, 0.717) is 10.6 Å². The zero-order valence-electron chi connectivity index (χ0n) is 11.3. The highest BCUT2D eigenvalue weighted by molar-refractivity contribution is 6.30. The van der Waals surface area contributed by atoms with Crippen LogP contribution in [-0.4, -0.2) is 23.4 Å². The summed E-state index contributed by atoms with van der Waals surface area (Å²) in [6.07, 6.45) is 1.62. The van der Waals surface area contributed by atoms with Gasteiger partial charge in [-0.15, -0.1) is 0 Å². The van der Waals surface area contributed by atoms with Crippen molar-refractivity contribution in [2.45, 2.75) is 0 Å². The number of aromatic amines is 1. The maximum atomic E-state index is 10.0. The Bertz CT molecular complexity index is 807. The zero-order chi connectivity index (χ0) is 14.8. The van der Waals surface area contributed by atoms with Gasteiger partial charge in [-0.2, -0.15) is 0 Å². The maximum absolute atomic E-state index is 10.0. The van der Waals surface area contributed by atoms with Crippen molar-refractivity contribution in [1.82, 2.24) is 4.98 Å². The standard InChI is InChI=1S/C16H13ClN2O2/c1-21-12-6-7-15-13(8-12)14(16(20)19-15)9-18-11-4-2-10(17)3-5-11/h2-9,19-20H,1H3. The summed E-state index contributed by atoms with van der Waals surface area (Å²) in [4.78, 5) is 7.26. The molecule has 0 radical (unpaired) electrons. The molecule has 0 aliphatic rings. The maximum Gasteiger partial charge on any atom is 0.198 e. The predicted octanol–water partition coefficient (Wildman–Crippen LogP) is 4.29. The van der Waals surface area contributed by atoms with Gasteiger partial charge in [-0.1, -0.05) is 11.6 Å². The van der Waals surface area contributed by atoms with E-state index in [2.05, 4.69) is 9.98 Å². The number of nitrogens with one attached hydrogen (secondary N) is 1. The molecule has 5 heteroatoms. The molecule has 0 unspecified atom stereocenters. The van der Waals surface area contributed by atoms with Crippen LogP contribution in [0.2, 0.25) is 5.02 Å². The summed E-state index contributed by atoms with van der Waals surface area (Å²) in [5.74, 6) is 0.804. The van der Waals surface area contributed by atoms with Gasteiger partial charge < -0.3 is 14.8 Å². The average molecular weight is 301 g/mol. The quantitative estimate of drug-likeness (QED) is 0.709. The van der Waals surface area contributed by atoms with Crippen LogP contribution in [0.5, 0.6) is 11.6 Å². The molecule has 106 valence electrons. The predicted molar refractivity (Wildman–Crippen MR) is 85.2 cm³/mol. The summed E-state index contributed by atoms with van der Waals surface area (Å²) < 4.78 is 5.21. The van der Waals surface area contributed by atoms with E-state index in [1.165, 1.54) is 0 Å². The van der Waals surface area contributed by atoms with Gasteiger partial charge in [0.1, 0.15) is 5.75 Å². The molecular weight excluding hydrogens is 288 g/mol. The Labute approximate surface area is 126 Å². The van der Waals surface area contributed by atoms with Gasteiger partial charge in [0.2, 0.25) is 0 Å². The van der Waals surface area contributed by atoms with Crippen molar-refractivity contribution in [1.29, 1.82) is 0 Å². The lowest BCUT2D eigenvalue weighted by molar-refractivity contribution is 0.415. The minimum absolute atomic E-state index is 0.0796. The normalized spacial score (nSPS) is 11.3. The topological polar surface area (TPSA) is 57.6 Å². The summed E-state index contributed by atoms with van der Waals surface area (Å²) in [7, 11) is 1.61. The minimum atomic E-state index is 0.0796. The SMILES string of the molecule is COc1ccc2[nH]c(O)c(C=Nc3ccc(Cl)cc3)c2c1. The number of ether oxygens (including phenoxy) is 1. The van der Waals surface area contributed by atoms with Gasteiger partial charge in [0.05, 0.1) is 18.4 Å². The number of hydrogen-bond acceptors (Lipinski definition) is 3. The largest absolute Gasteiger partial charge is 0.497 e. The number of aliphatic imine (C=N–C) groups is 1. The molecule has 21 heavy (non-hydrogen) atoms. The molecule has 2 N–H and O–H groups in total.